The first kappa shape index (κ1) is 19.3. The molecule has 1 heterocycles. The van der Waals surface area contributed by atoms with Gasteiger partial charge in [0, 0.05) is 23.5 Å². The third-order valence-electron chi connectivity index (χ3n) is 3.88. The Labute approximate surface area is 153 Å². The number of carbonyl (C=O) groups excluding carboxylic acids is 2. The Balaban J connectivity index is 1.99. The van der Waals surface area contributed by atoms with Crippen LogP contribution in [0.4, 0.5) is 0 Å². The van der Waals surface area contributed by atoms with Gasteiger partial charge in [-0.2, -0.15) is 0 Å². The van der Waals surface area contributed by atoms with Crippen molar-refractivity contribution in [3.8, 4) is 0 Å². The van der Waals surface area contributed by atoms with Crippen LogP contribution in [0.1, 0.15) is 41.2 Å². The lowest BCUT2D eigenvalue weighted by Gasteiger charge is -2.10. The van der Waals surface area contributed by atoms with Gasteiger partial charge in [0.1, 0.15) is 0 Å². The molecule has 4 nitrogen and oxygen atoms in total. The van der Waals surface area contributed by atoms with E-state index in [1.54, 1.807) is 0 Å². The molecule has 0 spiro atoms. The Morgan fingerprint density at radius 1 is 1.12 bits per heavy atom. The number of carbonyl (C=O) groups is 2. The highest BCUT2D eigenvalue weighted by atomic mass is 32.2. The number of benzene rings is 1. The summed E-state index contributed by atoms with van der Waals surface area (Å²) in [5, 5.41) is 0. The summed E-state index contributed by atoms with van der Waals surface area (Å²) in [7, 11) is 0. The van der Waals surface area contributed by atoms with Gasteiger partial charge in [-0.1, -0.05) is 30.3 Å². The number of aromatic nitrogens is 1. The van der Waals surface area contributed by atoms with E-state index in [1.807, 2.05) is 52.0 Å². The Morgan fingerprint density at radius 2 is 1.80 bits per heavy atom. The summed E-state index contributed by atoms with van der Waals surface area (Å²) in [5.41, 5.74) is 3.97. The number of hydrogen-bond donors (Lipinski definition) is 0. The molecule has 0 unspecified atom stereocenters. The Bertz CT molecular complexity index is 735. The van der Waals surface area contributed by atoms with Gasteiger partial charge in [-0.25, -0.2) is 0 Å². The molecule has 0 bridgehead atoms. The lowest BCUT2D eigenvalue weighted by molar-refractivity contribution is -0.144. The molecule has 0 aliphatic rings. The van der Waals surface area contributed by atoms with Crippen molar-refractivity contribution in [2.75, 3.05) is 11.5 Å². The Kier molecular flexibility index (Phi) is 6.88. The summed E-state index contributed by atoms with van der Waals surface area (Å²) in [6.45, 7) is 8.37. The lowest BCUT2D eigenvalue weighted by Crippen LogP contribution is -2.15. The number of aryl methyl sites for hydroxylation is 1. The number of hydrogen-bond acceptors (Lipinski definition) is 4. The molecule has 0 N–H and O–H groups in total. The number of thioether (sulfide) groups is 1. The van der Waals surface area contributed by atoms with E-state index in [-0.39, 0.29) is 29.4 Å². The summed E-state index contributed by atoms with van der Waals surface area (Å²) < 4.78 is 7.23. The SMILES string of the molecule is Cc1cc(C(=O)CSCC(=O)OC(C)C)c(C)n1Cc1ccccc1. The standard InChI is InChI=1S/C20H25NO3S/c1-14(2)24-20(23)13-25-12-19(22)18-10-15(3)21(16(18)4)11-17-8-6-5-7-9-17/h5-10,14H,11-13H2,1-4H3. The zero-order valence-electron chi connectivity index (χ0n) is 15.2. The molecular formula is C20H25NO3S. The van der Waals surface area contributed by atoms with Crippen LogP contribution >= 0.6 is 11.8 Å². The number of ketones is 1. The number of ether oxygens (including phenoxy) is 1. The second-order valence-corrected chi connectivity index (χ2v) is 7.30. The molecule has 1 aromatic carbocycles. The highest BCUT2D eigenvalue weighted by Crippen LogP contribution is 2.19. The molecule has 0 amide bonds. The minimum absolute atomic E-state index is 0.0507. The minimum atomic E-state index is -0.276. The number of Topliss-reactive ketones (excluding diaryl/α,β-unsaturated/α-hetero) is 1. The summed E-state index contributed by atoms with van der Waals surface area (Å²) in [6, 6.07) is 12.1. The normalized spacial score (nSPS) is 10.9. The van der Waals surface area contributed by atoms with Crippen LogP contribution < -0.4 is 0 Å². The van der Waals surface area contributed by atoms with Crippen LogP contribution in [0.5, 0.6) is 0 Å². The quantitative estimate of drug-likeness (QED) is 0.528. The number of esters is 1. The fraction of sp³-hybridized carbons (Fsp3) is 0.400. The van der Waals surface area contributed by atoms with Crippen molar-refractivity contribution in [2.45, 2.75) is 40.3 Å². The van der Waals surface area contributed by atoms with Crippen molar-refractivity contribution in [1.82, 2.24) is 4.57 Å². The maximum absolute atomic E-state index is 12.5. The van der Waals surface area contributed by atoms with E-state index < -0.39 is 0 Å². The molecule has 0 aliphatic carbocycles. The van der Waals surface area contributed by atoms with Crippen molar-refractivity contribution >= 4 is 23.5 Å². The van der Waals surface area contributed by atoms with Crippen LogP contribution in [0, 0.1) is 13.8 Å². The first-order chi connectivity index (χ1) is 11.9. The van der Waals surface area contributed by atoms with Gasteiger partial charge in [0.2, 0.25) is 0 Å². The molecule has 0 saturated carbocycles. The van der Waals surface area contributed by atoms with Crippen LogP contribution in [-0.2, 0) is 16.1 Å². The molecule has 0 atom stereocenters. The monoisotopic (exact) mass is 359 g/mol. The van der Waals surface area contributed by atoms with Gasteiger partial charge in [-0.05, 0) is 39.3 Å². The smallest absolute Gasteiger partial charge is 0.316 e. The minimum Gasteiger partial charge on any atom is -0.462 e. The van der Waals surface area contributed by atoms with Crippen LogP contribution in [0.3, 0.4) is 0 Å². The van der Waals surface area contributed by atoms with E-state index in [2.05, 4.69) is 16.7 Å². The molecule has 134 valence electrons. The van der Waals surface area contributed by atoms with Gasteiger partial charge in [-0.3, -0.25) is 9.59 Å². The zero-order valence-corrected chi connectivity index (χ0v) is 16.1. The van der Waals surface area contributed by atoms with Crippen LogP contribution in [0.25, 0.3) is 0 Å². The molecular weight excluding hydrogens is 334 g/mol. The first-order valence-corrected chi connectivity index (χ1v) is 9.55. The van der Waals surface area contributed by atoms with Gasteiger partial charge < -0.3 is 9.30 Å². The average molecular weight is 359 g/mol. The fourth-order valence-corrected chi connectivity index (χ4v) is 3.37. The highest BCUT2D eigenvalue weighted by Gasteiger charge is 2.16. The molecule has 0 fully saturated rings. The molecule has 25 heavy (non-hydrogen) atoms. The third kappa shape index (κ3) is 5.49. The van der Waals surface area contributed by atoms with Crippen LogP contribution in [0.15, 0.2) is 36.4 Å². The lowest BCUT2D eigenvalue weighted by atomic mass is 10.2. The second-order valence-electron chi connectivity index (χ2n) is 6.31. The van der Waals surface area contributed by atoms with Gasteiger partial charge in [0.05, 0.1) is 17.6 Å². The molecule has 0 saturated heterocycles. The van der Waals surface area contributed by atoms with E-state index in [1.165, 1.54) is 17.3 Å². The molecule has 2 rings (SSSR count). The summed E-state index contributed by atoms with van der Waals surface area (Å²) >= 11 is 1.30. The fourth-order valence-electron chi connectivity index (χ4n) is 2.69. The average Bonchev–Trinajstić information content (AvgIpc) is 2.83. The number of nitrogens with zero attached hydrogens (tertiary/aromatic N) is 1. The predicted molar refractivity (Wildman–Crippen MR) is 102 cm³/mol. The van der Waals surface area contributed by atoms with Crippen LogP contribution in [-0.4, -0.2) is 33.9 Å². The summed E-state index contributed by atoms with van der Waals surface area (Å²) in [5.74, 6) is 0.257. The van der Waals surface area contributed by atoms with E-state index in [9.17, 15) is 9.59 Å². The van der Waals surface area contributed by atoms with E-state index in [4.69, 9.17) is 4.74 Å². The van der Waals surface area contributed by atoms with Gasteiger partial charge in [0.15, 0.2) is 5.78 Å². The van der Waals surface area contributed by atoms with Gasteiger partial charge in [0.25, 0.3) is 0 Å². The zero-order chi connectivity index (χ0) is 18.4. The van der Waals surface area contributed by atoms with E-state index in [0.717, 1.165) is 23.5 Å². The molecule has 5 heteroatoms. The van der Waals surface area contributed by atoms with Crippen molar-refractivity contribution in [3.05, 3.63) is 58.9 Å². The Morgan fingerprint density at radius 3 is 2.44 bits per heavy atom. The van der Waals surface area contributed by atoms with E-state index in [0.29, 0.717) is 0 Å². The maximum Gasteiger partial charge on any atom is 0.316 e. The molecule has 0 radical (unpaired) electrons. The van der Waals surface area contributed by atoms with Gasteiger partial charge in [-0.15, -0.1) is 11.8 Å². The summed E-state index contributed by atoms with van der Waals surface area (Å²) in [6.07, 6.45) is -0.124. The largest absolute Gasteiger partial charge is 0.462 e. The summed E-state index contributed by atoms with van der Waals surface area (Å²) in [4.78, 5) is 24.0. The number of rotatable bonds is 8. The topological polar surface area (TPSA) is 48.3 Å². The van der Waals surface area contributed by atoms with Crippen molar-refractivity contribution < 1.29 is 14.3 Å². The highest BCUT2D eigenvalue weighted by molar-refractivity contribution is 8.00. The van der Waals surface area contributed by atoms with Crippen molar-refractivity contribution in [3.63, 3.8) is 0 Å². The predicted octanol–water partition coefficient (Wildman–Crippen LogP) is 4.02. The second kappa shape index (κ2) is 8.90. The third-order valence-corrected chi connectivity index (χ3v) is 4.78. The van der Waals surface area contributed by atoms with Crippen LogP contribution in [0.2, 0.25) is 0 Å². The first-order valence-electron chi connectivity index (χ1n) is 8.39. The van der Waals surface area contributed by atoms with Crippen molar-refractivity contribution in [2.24, 2.45) is 0 Å². The molecule has 1 aromatic heterocycles. The maximum atomic E-state index is 12.5. The van der Waals surface area contributed by atoms with Crippen molar-refractivity contribution in [1.29, 1.82) is 0 Å². The molecule has 2 aromatic rings. The molecule has 0 aliphatic heterocycles. The Hall–Kier alpha value is -2.01. The van der Waals surface area contributed by atoms with Gasteiger partial charge >= 0.3 is 5.97 Å². The van der Waals surface area contributed by atoms with E-state index >= 15 is 0 Å².